The molecule has 0 unspecified atom stereocenters. The van der Waals surface area contributed by atoms with Crippen molar-refractivity contribution < 1.29 is 0 Å². The molecule has 0 spiro atoms. The molecule has 1 aromatic carbocycles. The minimum Gasteiger partial charge on any atom is -0.301 e. The fourth-order valence-corrected chi connectivity index (χ4v) is 4.75. The first-order valence-corrected chi connectivity index (χ1v) is 11.4. The highest BCUT2D eigenvalue weighted by molar-refractivity contribution is 7.71. The van der Waals surface area contributed by atoms with Crippen LogP contribution in [0, 0.1) is 10.7 Å². The van der Waals surface area contributed by atoms with Crippen LogP contribution in [0.15, 0.2) is 30.3 Å². The smallest absolute Gasteiger partial charge is 0.203 e. The zero-order valence-electron chi connectivity index (χ0n) is 17.8. The van der Waals surface area contributed by atoms with E-state index >= 15 is 0 Å². The van der Waals surface area contributed by atoms with E-state index in [-0.39, 0.29) is 0 Å². The lowest BCUT2D eigenvalue weighted by atomic mass is 10.2. The fraction of sp³-hybridized carbons (Fsp3) is 0.636. The molecule has 2 aliphatic rings. The number of para-hydroxylation sites is 1. The summed E-state index contributed by atoms with van der Waals surface area (Å²) in [4.78, 5) is 7.54. The van der Waals surface area contributed by atoms with Gasteiger partial charge in [0.1, 0.15) is 0 Å². The summed E-state index contributed by atoms with van der Waals surface area (Å²) < 4.78 is 5.00. The topological polar surface area (TPSA) is 32.5 Å². The standard InChI is InChI=1S/C22H34N6S/c1-19(2)16-25-12-14-26(15-13-25)18-27-22(29)28(20-8-4-3-5-9-20)21(23-27)17-24-10-6-7-11-24/h3-5,8-9,19H,6-7,10-18H2,1-2H3. The lowest BCUT2D eigenvalue weighted by molar-refractivity contribution is 0.0948. The molecule has 0 N–H and O–H groups in total. The van der Waals surface area contributed by atoms with E-state index in [1.54, 1.807) is 0 Å². The minimum absolute atomic E-state index is 0.727. The van der Waals surface area contributed by atoms with Crippen molar-refractivity contribution in [2.45, 2.75) is 39.9 Å². The number of benzene rings is 1. The van der Waals surface area contributed by atoms with Gasteiger partial charge in [0.05, 0.1) is 13.2 Å². The Hall–Kier alpha value is -1.54. The van der Waals surface area contributed by atoms with E-state index in [2.05, 4.69) is 57.4 Å². The summed E-state index contributed by atoms with van der Waals surface area (Å²) in [6.45, 7) is 14.2. The van der Waals surface area contributed by atoms with E-state index in [1.807, 2.05) is 10.7 Å². The van der Waals surface area contributed by atoms with E-state index < -0.39 is 0 Å². The van der Waals surface area contributed by atoms with Gasteiger partial charge in [0.15, 0.2) is 5.82 Å². The third kappa shape index (κ3) is 5.15. The van der Waals surface area contributed by atoms with Crippen LogP contribution in [0.2, 0.25) is 0 Å². The van der Waals surface area contributed by atoms with Gasteiger partial charge in [-0.3, -0.25) is 14.4 Å². The fourth-order valence-electron chi connectivity index (χ4n) is 4.44. The van der Waals surface area contributed by atoms with Gasteiger partial charge < -0.3 is 4.90 Å². The quantitative estimate of drug-likeness (QED) is 0.650. The number of nitrogens with zero attached hydrogens (tertiary/aromatic N) is 6. The number of hydrogen-bond donors (Lipinski definition) is 0. The van der Waals surface area contributed by atoms with Crippen LogP contribution in [-0.4, -0.2) is 74.9 Å². The number of likely N-dealkylation sites (tertiary alicyclic amines) is 1. The molecule has 2 saturated heterocycles. The molecule has 4 rings (SSSR count). The molecule has 2 fully saturated rings. The van der Waals surface area contributed by atoms with E-state index in [4.69, 9.17) is 17.3 Å². The molecule has 0 amide bonds. The Morgan fingerprint density at radius 1 is 0.897 bits per heavy atom. The maximum absolute atomic E-state index is 5.89. The lowest BCUT2D eigenvalue weighted by Crippen LogP contribution is -2.47. The van der Waals surface area contributed by atoms with Gasteiger partial charge in [0.2, 0.25) is 4.77 Å². The summed E-state index contributed by atoms with van der Waals surface area (Å²) >= 11 is 5.89. The van der Waals surface area contributed by atoms with Gasteiger partial charge in [-0.05, 0) is 56.2 Å². The summed E-state index contributed by atoms with van der Waals surface area (Å²) in [6, 6.07) is 10.4. The molecule has 7 heteroatoms. The van der Waals surface area contributed by atoms with E-state index in [9.17, 15) is 0 Å². The molecule has 0 aliphatic carbocycles. The van der Waals surface area contributed by atoms with Crippen molar-refractivity contribution in [1.82, 2.24) is 29.0 Å². The van der Waals surface area contributed by atoms with Crippen molar-refractivity contribution in [2.75, 3.05) is 45.8 Å². The predicted octanol–water partition coefficient (Wildman–Crippen LogP) is 3.23. The Morgan fingerprint density at radius 2 is 1.55 bits per heavy atom. The van der Waals surface area contributed by atoms with Gasteiger partial charge in [0.25, 0.3) is 0 Å². The van der Waals surface area contributed by atoms with Crippen molar-refractivity contribution in [3.63, 3.8) is 0 Å². The summed E-state index contributed by atoms with van der Waals surface area (Å²) in [7, 11) is 0. The molecular weight excluding hydrogens is 380 g/mol. The Kier molecular flexibility index (Phi) is 6.80. The van der Waals surface area contributed by atoms with Crippen LogP contribution in [0.3, 0.4) is 0 Å². The average Bonchev–Trinajstić information content (AvgIpc) is 3.32. The summed E-state index contributed by atoms with van der Waals surface area (Å²) in [5.74, 6) is 1.78. The van der Waals surface area contributed by atoms with Crippen LogP contribution in [0.1, 0.15) is 32.5 Å². The first-order chi connectivity index (χ1) is 14.1. The highest BCUT2D eigenvalue weighted by Crippen LogP contribution is 2.17. The maximum atomic E-state index is 5.89. The number of hydrogen-bond acceptors (Lipinski definition) is 5. The van der Waals surface area contributed by atoms with Gasteiger partial charge in [0, 0.05) is 38.4 Å². The maximum Gasteiger partial charge on any atom is 0.203 e. The third-order valence-corrected chi connectivity index (χ3v) is 6.30. The Bertz CT molecular complexity index is 829. The molecule has 158 valence electrons. The SMILES string of the molecule is CC(C)CN1CCN(Cn2nc(CN3CCCC3)n(-c3ccccc3)c2=S)CC1. The normalized spacial score (nSPS) is 19.4. The summed E-state index contributed by atoms with van der Waals surface area (Å²) in [6.07, 6.45) is 2.57. The van der Waals surface area contributed by atoms with Crippen LogP contribution in [-0.2, 0) is 13.2 Å². The number of aromatic nitrogens is 3. The zero-order valence-corrected chi connectivity index (χ0v) is 18.7. The van der Waals surface area contributed by atoms with E-state index in [1.165, 1.54) is 19.4 Å². The van der Waals surface area contributed by atoms with Crippen LogP contribution in [0.5, 0.6) is 0 Å². The third-order valence-electron chi connectivity index (χ3n) is 5.91. The number of rotatable bonds is 7. The van der Waals surface area contributed by atoms with Gasteiger partial charge >= 0.3 is 0 Å². The Labute approximate surface area is 179 Å². The van der Waals surface area contributed by atoms with Crippen molar-refractivity contribution in [1.29, 1.82) is 0 Å². The first kappa shape index (κ1) is 20.7. The molecule has 1 aromatic heterocycles. The molecule has 0 bridgehead atoms. The van der Waals surface area contributed by atoms with Gasteiger partial charge in [-0.1, -0.05) is 32.0 Å². The van der Waals surface area contributed by atoms with Crippen molar-refractivity contribution in [3.05, 3.63) is 40.9 Å². The molecule has 0 radical (unpaired) electrons. The van der Waals surface area contributed by atoms with Crippen molar-refractivity contribution in [3.8, 4) is 5.69 Å². The second-order valence-electron chi connectivity index (χ2n) is 8.81. The highest BCUT2D eigenvalue weighted by Gasteiger charge is 2.21. The summed E-state index contributed by atoms with van der Waals surface area (Å²) in [5, 5.41) is 4.99. The lowest BCUT2D eigenvalue weighted by Gasteiger charge is -2.35. The first-order valence-electron chi connectivity index (χ1n) is 11.0. The largest absolute Gasteiger partial charge is 0.301 e. The molecule has 6 nitrogen and oxygen atoms in total. The van der Waals surface area contributed by atoms with Crippen molar-refractivity contribution >= 4 is 12.2 Å². The Balaban J connectivity index is 1.51. The molecule has 2 aromatic rings. The average molecular weight is 415 g/mol. The van der Waals surface area contributed by atoms with Crippen molar-refractivity contribution in [2.24, 2.45) is 5.92 Å². The monoisotopic (exact) mass is 414 g/mol. The van der Waals surface area contributed by atoms with Gasteiger partial charge in [-0.2, -0.15) is 5.10 Å². The van der Waals surface area contributed by atoms with Gasteiger partial charge in [-0.25, -0.2) is 4.68 Å². The molecule has 0 atom stereocenters. The molecular formula is C22H34N6S. The molecule has 3 heterocycles. The number of piperazine rings is 1. The highest BCUT2D eigenvalue weighted by atomic mass is 32.1. The molecule has 29 heavy (non-hydrogen) atoms. The zero-order chi connectivity index (χ0) is 20.2. The Morgan fingerprint density at radius 3 is 2.21 bits per heavy atom. The van der Waals surface area contributed by atoms with Crippen LogP contribution in [0.25, 0.3) is 5.69 Å². The minimum atomic E-state index is 0.727. The second-order valence-corrected chi connectivity index (χ2v) is 9.17. The van der Waals surface area contributed by atoms with E-state index in [0.29, 0.717) is 0 Å². The molecule has 0 saturated carbocycles. The summed E-state index contributed by atoms with van der Waals surface area (Å²) in [5.41, 5.74) is 1.11. The van der Waals surface area contributed by atoms with Crippen LogP contribution in [0.4, 0.5) is 0 Å². The van der Waals surface area contributed by atoms with Crippen LogP contribution >= 0.6 is 12.2 Å². The van der Waals surface area contributed by atoms with Gasteiger partial charge in [-0.15, -0.1) is 0 Å². The second kappa shape index (κ2) is 9.51. The van der Waals surface area contributed by atoms with Crippen LogP contribution < -0.4 is 0 Å². The molecule has 2 aliphatic heterocycles. The van der Waals surface area contributed by atoms with E-state index in [0.717, 1.165) is 74.7 Å². The predicted molar refractivity (Wildman–Crippen MR) is 120 cm³/mol.